The monoisotopic (exact) mass is 970 g/mol. The number of likely N-dealkylation sites (tertiary alicyclic amines) is 1. The van der Waals surface area contributed by atoms with Crippen LogP contribution in [0.25, 0.3) is 33.4 Å². The molecular formula is C53H75N7O10. The normalized spacial score (nSPS) is 22.1. The third-order valence-corrected chi connectivity index (χ3v) is 14.8. The lowest BCUT2D eigenvalue weighted by molar-refractivity contribution is -0.204. The number of aliphatic hydroxyl groups excluding tert-OH is 1. The predicted molar refractivity (Wildman–Crippen MR) is 265 cm³/mol. The Morgan fingerprint density at radius 2 is 1.77 bits per heavy atom. The molecule has 1 spiro atoms. The predicted octanol–water partition coefficient (Wildman–Crippen LogP) is 7.24. The maximum absolute atomic E-state index is 13.1. The molecule has 1 aliphatic carbocycles. The molecule has 70 heavy (non-hydrogen) atoms. The molecule has 5 aliphatic rings. The van der Waals surface area contributed by atoms with Gasteiger partial charge in [0.2, 0.25) is 5.89 Å². The molecule has 4 atom stereocenters. The highest BCUT2D eigenvalue weighted by Gasteiger charge is 2.54. The van der Waals surface area contributed by atoms with Gasteiger partial charge in [-0.15, -0.1) is 0 Å². The van der Waals surface area contributed by atoms with Gasteiger partial charge in [0.05, 0.1) is 60.9 Å². The number of carboxylic acids is 1. The van der Waals surface area contributed by atoms with Crippen LogP contribution < -0.4 is 10.2 Å². The van der Waals surface area contributed by atoms with E-state index in [0.717, 1.165) is 89.7 Å². The van der Waals surface area contributed by atoms with Gasteiger partial charge in [-0.25, -0.2) is 14.6 Å². The average molecular weight is 970 g/mol. The molecule has 382 valence electrons. The summed E-state index contributed by atoms with van der Waals surface area (Å²) in [6.07, 6.45) is 7.20. The SMILES string of the molecule is CO[C@@H](C)c1ncc(N2CCN(C3CC3)CC2)cc1-c1c(CC(C)(C)CO)c2cc(-c3coc([C@H]([C@H](NC(=O)OC(C)(C)C)C(=O)O)N4CC5(COC5)C4)n3)ccc2n1CCO[C@H]1CCOC(C)(C)C1. The molecule has 0 bridgehead atoms. The third kappa shape index (κ3) is 10.9. The standard InChI is InChI=1S/C53H75N7O10/c1-33(65-9)43-39(23-36(26-54-43)58-17-15-57(16-18-58)35-11-12-35)45-40(25-51(5,6)30-61)38-22-34(10-13-42(38)60(45)19-21-67-37-14-20-69-52(7,8)24-37)41-27-68-47(55-41)46(59-28-53(29-59)31-66-32-53)44(48(62)63)56-49(64)70-50(2,3)4/h10,13,22-23,26-27,33,35,37,44,46,61H,11-12,14-21,24-25,28-32H2,1-9H3,(H,56,64)(H,62,63)/t33-,37-,44-,46-/m0/s1. The van der Waals surface area contributed by atoms with Crippen LogP contribution in [-0.4, -0.2) is 155 Å². The average Bonchev–Trinajstić information content (AvgIpc) is 3.95. The van der Waals surface area contributed by atoms with Crippen LogP contribution in [0.2, 0.25) is 0 Å². The van der Waals surface area contributed by atoms with Crippen LogP contribution in [0.15, 0.2) is 41.1 Å². The second-order valence-electron chi connectivity index (χ2n) is 22.9. The summed E-state index contributed by atoms with van der Waals surface area (Å²) in [6, 6.07) is 6.92. The first-order valence-corrected chi connectivity index (χ1v) is 25.3. The number of hydrogen-bond acceptors (Lipinski definition) is 14. The summed E-state index contributed by atoms with van der Waals surface area (Å²) < 4.78 is 38.4. The second-order valence-corrected chi connectivity index (χ2v) is 22.9. The molecule has 1 amide bonds. The van der Waals surface area contributed by atoms with E-state index >= 15 is 0 Å². The van der Waals surface area contributed by atoms with Crippen molar-refractivity contribution in [3.05, 3.63) is 53.9 Å². The molecule has 3 aromatic heterocycles. The van der Waals surface area contributed by atoms with E-state index < -0.39 is 35.2 Å². The first kappa shape index (κ1) is 50.3. The number of anilines is 1. The molecule has 4 saturated heterocycles. The molecule has 17 heteroatoms. The van der Waals surface area contributed by atoms with Crippen LogP contribution in [0, 0.1) is 10.8 Å². The minimum absolute atomic E-state index is 0.0354. The zero-order valence-electron chi connectivity index (χ0n) is 42.7. The number of nitrogens with one attached hydrogen (secondary N) is 1. The van der Waals surface area contributed by atoms with Crippen molar-refractivity contribution >= 4 is 28.7 Å². The number of aliphatic carboxylic acids is 1. The van der Waals surface area contributed by atoms with E-state index in [4.69, 9.17) is 38.1 Å². The summed E-state index contributed by atoms with van der Waals surface area (Å²) in [6.45, 7) is 23.4. The Morgan fingerprint density at radius 3 is 2.40 bits per heavy atom. The molecule has 4 aliphatic heterocycles. The zero-order valence-corrected chi connectivity index (χ0v) is 42.7. The minimum atomic E-state index is -1.42. The van der Waals surface area contributed by atoms with Crippen molar-refractivity contribution in [3.63, 3.8) is 0 Å². The van der Waals surface area contributed by atoms with Crippen LogP contribution in [0.4, 0.5) is 10.5 Å². The number of rotatable bonds is 18. The molecule has 9 rings (SSSR count). The number of carbonyl (C=O) groups is 2. The van der Waals surface area contributed by atoms with Crippen molar-refractivity contribution in [2.24, 2.45) is 10.8 Å². The van der Waals surface area contributed by atoms with Crippen LogP contribution in [-0.2, 0) is 41.4 Å². The smallest absolute Gasteiger partial charge is 0.408 e. The number of amides is 1. The zero-order chi connectivity index (χ0) is 49.8. The van der Waals surface area contributed by atoms with Crippen molar-refractivity contribution in [2.45, 2.75) is 136 Å². The number of methoxy groups -OCH3 is 1. The van der Waals surface area contributed by atoms with E-state index in [1.54, 1.807) is 34.1 Å². The Kier molecular flexibility index (Phi) is 14.2. The van der Waals surface area contributed by atoms with Crippen molar-refractivity contribution in [1.82, 2.24) is 29.7 Å². The van der Waals surface area contributed by atoms with E-state index in [2.05, 4.69) is 65.6 Å². The Balaban J connectivity index is 1.14. The molecule has 17 nitrogen and oxygen atoms in total. The van der Waals surface area contributed by atoms with Crippen molar-refractivity contribution < 1.29 is 47.9 Å². The van der Waals surface area contributed by atoms with Gasteiger partial charge in [-0.05, 0) is 96.4 Å². The van der Waals surface area contributed by atoms with Crippen LogP contribution in [0.5, 0.6) is 0 Å². The van der Waals surface area contributed by atoms with Gasteiger partial charge in [0.1, 0.15) is 23.6 Å². The van der Waals surface area contributed by atoms with E-state index in [9.17, 15) is 19.8 Å². The third-order valence-electron chi connectivity index (χ3n) is 14.8. The van der Waals surface area contributed by atoms with Gasteiger partial charge in [0.15, 0.2) is 6.04 Å². The Bertz CT molecular complexity index is 2510. The highest BCUT2D eigenvalue weighted by atomic mass is 16.6. The van der Waals surface area contributed by atoms with Crippen LogP contribution in [0.1, 0.15) is 110 Å². The second kappa shape index (κ2) is 19.8. The summed E-state index contributed by atoms with van der Waals surface area (Å²) in [5.41, 5.74) is 5.49. The Labute approximate surface area is 412 Å². The number of alkyl carbamates (subject to hydrolysis) is 1. The Hall–Kier alpha value is -4.62. The van der Waals surface area contributed by atoms with E-state index in [1.807, 2.05) is 24.1 Å². The number of benzene rings is 1. The summed E-state index contributed by atoms with van der Waals surface area (Å²) in [5, 5.41) is 25.1. The number of ether oxygens (including phenoxy) is 5. The van der Waals surface area contributed by atoms with Gasteiger partial charge < -0.3 is 53.1 Å². The van der Waals surface area contributed by atoms with Crippen molar-refractivity contribution in [3.8, 4) is 22.5 Å². The summed E-state index contributed by atoms with van der Waals surface area (Å²) in [4.78, 5) is 43.4. The first-order chi connectivity index (χ1) is 33.2. The first-order valence-electron chi connectivity index (χ1n) is 25.3. The largest absolute Gasteiger partial charge is 0.480 e. The molecule has 3 N–H and O–H groups in total. The van der Waals surface area contributed by atoms with Gasteiger partial charge >= 0.3 is 12.1 Å². The number of aliphatic hydroxyl groups is 1. The quantitative estimate of drug-likeness (QED) is 0.0906. The fourth-order valence-electron chi connectivity index (χ4n) is 10.9. The highest BCUT2D eigenvalue weighted by molar-refractivity contribution is 5.95. The lowest BCUT2D eigenvalue weighted by Crippen LogP contribution is -2.68. The lowest BCUT2D eigenvalue weighted by Gasteiger charge is -2.57. The number of carbonyl (C=O) groups excluding carboxylic acids is 1. The van der Waals surface area contributed by atoms with Crippen LogP contribution >= 0.6 is 0 Å². The lowest BCUT2D eigenvalue weighted by atomic mass is 9.76. The number of fused-ring (bicyclic) bond motifs is 1. The molecule has 1 saturated carbocycles. The molecule has 1 aromatic carbocycles. The van der Waals surface area contributed by atoms with E-state index in [1.165, 1.54) is 12.8 Å². The number of pyridine rings is 1. The number of nitrogens with zero attached hydrogens (tertiary/aromatic N) is 6. The molecule has 5 fully saturated rings. The number of aromatic nitrogens is 3. The van der Waals surface area contributed by atoms with E-state index in [0.29, 0.717) is 58.2 Å². The molecule has 4 aromatic rings. The maximum atomic E-state index is 13.1. The van der Waals surface area contributed by atoms with Gasteiger partial charge in [0, 0.05) is 106 Å². The summed E-state index contributed by atoms with van der Waals surface area (Å²) >= 11 is 0. The van der Waals surface area contributed by atoms with Gasteiger partial charge in [-0.1, -0.05) is 19.9 Å². The van der Waals surface area contributed by atoms with E-state index in [-0.39, 0.29) is 35.7 Å². The maximum Gasteiger partial charge on any atom is 0.408 e. The summed E-state index contributed by atoms with van der Waals surface area (Å²) in [7, 11) is 1.72. The van der Waals surface area contributed by atoms with Crippen LogP contribution in [0.3, 0.4) is 0 Å². The molecular weight excluding hydrogens is 895 g/mol. The number of hydrogen-bond donors (Lipinski definition) is 3. The number of carboxylic acid groups (broad SMARTS) is 1. The summed E-state index contributed by atoms with van der Waals surface area (Å²) in [5.74, 6) is -1.07. The van der Waals surface area contributed by atoms with Gasteiger partial charge in [0.25, 0.3) is 0 Å². The molecule has 0 radical (unpaired) electrons. The van der Waals surface area contributed by atoms with Gasteiger partial charge in [-0.3, -0.25) is 14.8 Å². The van der Waals surface area contributed by atoms with Crippen molar-refractivity contribution in [1.29, 1.82) is 0 Å². The minimum Gasteiger partial charge on any atom is -0.480 e. The van der Waals surface area contributed by atoms with Crippen molar-refractivity contribution in [2.75, 3.05) is 84.3 Å². The Morgan fingerprint density at radius 1 is 1.03 bits per heavy atom. The fraction of sp³-hybridized carbons (Fsp3) is 0.660. The number of piperazine rings is 1. The molecule has 7 heterocycles. The topological polar surface area (TPSA) is 186 Å². The fourth-order valence-corrected chi connectivity index (χ4v) is 10.9. The molecule has 0 unspecified atom stereocenters. The highest BCUT2D eigenvalue weighted by Crippen LogP contribution is 2.45. The van der Waals surface area contributed by atoms with Gasteiger partial charge in [-0.2, -0.15) is 0 Å². The number of oxazole rings is 1.